The maximum absolute atomic E-state index is 13.1. The van der Waals surface area contributed by atoms with Gasteiger partial charge >= 0.3 is 0 Å². The van der Waals surface area contributed by atoms with Gasteiger partial charge in [-0.15, -0.1) is 0 Å². The maximum atomic E-state index is 13.1. The third kappa shape index (κ3) is 4.98. The lowest BCUT2D eigenvalue weighted by atomic mass is 10.1. The van der Waals surface area contributed by atoms with E-state index in [0.717, 1.165) is 31.2 Å². The Morgan fingerprint density at radius 1 is 0.929 bits per heavy atom. The van der Waals surface area contributed by atoms with Crippen molar-refractivity contribution < 1.29 is 13.2 Å². The first-order valence-electron chi connectivity index (χ1n) is 9.48. The van der Waals surface area contributed by atoms with Crippen LogP contribution in [-0.4, -0.2) is 38.0 Å². The zero-order valence-corrected chi connectivity index (χ0v) is 16.8. The molecule has 1 N–H and O–H groups in total. The second-order valence-electron chi connectivity index (χ2n) is 6.94. The number of sulfonamides is 1. The van der Waals surface area contributed by atoms with Gasteiger partial charge in [0.05, 0.1) is 4.90 Å². The zero-order chi connectivity index (χ0) is 20.0. The van der Waals surface area contributed by atoms with E-state index in [2.05, 4.69) is 9.93 Å². The summed E-state index contributed by atoms with van der Waals surface area (Å²) in [5, 5.41) is 4.06. The Labute approximate surface area is 166 Å². The molecule has 1 saturated heterocycles. The molecule has 0 bridgehead atoms. The van der Waals surface area contributed by atoms with Crippen LogP contribution in [0.1, 0.15) is 36.8 Å². The molecule has 0 unspecified atom stereocenters. The molecule has 2 aromatic rings. The molecule has 7 heteroatoms. The number of nitrogens with one attached hydrogen (secondary N) is 1. The van der Waals surface area contributed by atoms with E-state index in [1.807, 2.05) is 13.0 Å². The van der Waals surface area contributed by atoms with Gasteiger partial charge in [-0.25, -0.2) is 0 Å². The molecule has 148 valence electrons. The molecule has 0 saturated carbocycles. The predicted molar refractivity (Wildman–Crippen MR) is 110 cm³/mol. The highest BCUT2D eigenvalue weighted by Crippen LogP contribution is 2.14. The van der Waals surface area contributed by atoms with E-state index in [1.165, 1.54) is 12.1 Å². The van der Waals surface area contributed by atoms with Crippen LogP contribution < -0.4 is 4.83 Å². The van der Waals surface area contributed by atoms with Crippen molar-refractivity contribution in [1.29, 1.82) is 0 Å². The van der Waals surface area contributed by atoms with Crippen molar-refractivity contribution >= 4 is 21.6 Å². The van der Waals surface area contributed by atoms with E-state index in [9.17, 15) is 13.2 Å². The Bertz CT molecular complexity index is 931. The van der Waals surface area contributed by atoms with Crippen LogP contribution in [0.15, 0.2) is 64.6 Å². The molecule has 28 heavy (non-hydrogen) atoms. The third-order valence-corrected chi connectivity index (χ3v) is 5.98. The fourth-order valence-corrected chi connectivity index (χ4v) is 3.94. The fourth-order valence-electron chi connectivity index (χ4n) is 3.13. The van der Waals surface area contributed by atoms with E-state index in [4.69, 9.17) is 0 Å². The van der Waals surface area contributed by atoms with Crippen molar-refractivity contribution in [2.24, 2.45) is 5.10 Å². The lowest BCUT2D eigenvalue weighted by molar-refractivity contribution is -0.124. The maximum Gasteiger partial charge on any atom is 0.276 e. The first-order chi connectivity index (χ1) is 13.5. The van der Waals surface area contributed by atoms with Gasteiger partial charge in [0.2, 0.25) is 0 Å². The average Bonchev–Trinajstić information content (AvgIpc) is 2.98. The van der Waals surface area contributed by atoms with Gasteiger partial charge in [0.25, 0.3) is 15.9 Å². The van der Waals surface area contributed by atoms with E-state index >= 15 is 0 Å². The smallest absolute Gasteiger partial charge is 0.276 e. The Kier molecular flexibility index (Phi) is 6.46. The number of amides is 1. The van der Waals surface area contributed by atoms with Crippen molar-refractivity contribution in [3.63, 3.8) is 0 Å². The fraction of sp³-hybridized carbons (Fsp3) is 0.333. The molecule has 1 aliphatic heterocycles. The number of aryl methyl sites for hydroxylation is 1. The minimum Gasteiger partial charge on any atom is -0.337 e. The van der Waals surface area contributed by atoms with E-state index in [0.29, 0.717) is 18.7 Å². The summed E-state index contributed by atoms with van der Waals surface area (Å²) in [5.74, 6) is -0.250. The highest BCUT2D eigenvalue weighted by Gasteiger charge is 2.23. The molecule has 0 aliphatic carbocycles. The zero-order valence-electron chi connectivity index (χ0n) is 16.0. The third-order valence-electron chi connectivity index (χ3n) is 4.75. The number of hydrazone groups is 1. The van der Waals surface area contributed by atoms with Crippen molar-refractivity contribution in [3.8, 4) is 0 Å². The highest BCUT2D eigenvalue weighted by atomic mass is 32.2. The Balaban J connectivity index is 1.90. The SMILES string of the molecule is Cc1ccc(S(=O)(=O)N/N=C(/C(=O)N2CCCCCC2)c2ccccc2)cc1. The van der Waals surface area contributed by atoms with E-state index < -0.39 is 10.0 Å². The molecule has 3 rings (SSSR count). The summed E-state index contributed by atoms with van der Waals surface area (Å²) in [4.78, 5) is 17.2. The quantitative estimate of drug-likeness (QED) is 0.620. The van der Waals surface area contributed by atoms with Gasteiger partial charge in [-0.3, -0.25) is 4.79 Å². The van der Waals surface area contributed by atoms with Crippen LogP contribution in [0.5, 0.6) is 0 Å². The molecule has 2 aromatic carbocycles. The van der Waals surface area contributed by atoms with Gasteiger partial charge in [0.1, 0.15) is 0 Å². The molecular weight excluding hydrogens is 374 g/mol. The second kappa shape index (κ2) is 9.01. The monoisotopic (exact) mass is 399 g/mol. The molecule has 1 heterocycles. The van der Waals surface area contributed by atoms with Crippen LogP contribution in [0.3, 0.4) is 0 Å². The Morgan fingerprint density at radius 2 is 1.54 bits per heavy atom. The van der Waals surface area contributed by atoms with Crippen LogP contribution in [0.25, 0.3) is 0 Å². The van der Waals surface area contributed by atoms with Gasteiger partial charge in [0, 0.05) is 18.7 Å². The standard InChI is InChI=1S/C21H25N3O3S/c1-17-11-13-19(14-12-17)28(26,27)23-22-20(18-9-5-4-6-10-18)21(25)24-15-7-2-3-8-16-24/h4-6,9-14,23H,2-3,7-8,15-16H2,1H3/b22-20+. The molecule has 1 fully saturated rings. The van der Waals surface area contributed by atoms with Gasteiger partial charge in [-0.1, -0.05) is 60.9 Å². The molecule has 1 aliphatic rings. The summed E-state index contributed by atoms with van der Waals surface area (Å²) < 4.78 is 25.2. The molecule has 0 spiro atoms. The van der Waals surface area contributed by atoms with Gasteiger partial charge in [-0.05, 0) is 31.9 Å². The predicted octanol–water partition coefficient (Wildman–Crippen LogP) is 3.08. The minimum atomic E-state index is -3.86. The largest absolute Gasteiger partial charge is 0.337 e. The number of rotatable bonds is 5. The Morgan fingerprint density at radius 3 is 2.14 bits per heavy atom. The van der Waals surface area contributed by atoms with Crippen molar-refractivity contribution in [2.75, 3.05) is 13.1 Å². The number of likely N-dealkylation sites (tertiary alicyclic amines) is 1. The Hall–Kier alpha value is -2.67. The minimum absolute atomic E-state index is 0.108. The van der Waals surface area contributed by atoms with Crippen molar-refractivity contribution in [1.82, 2.24) is 9.73 Å². The lowest BCUT2D eigenvalue weighted by Gasteiger charge is -2.21. The topological polar surface area (TPSA) is 78.8 Å². The summed E-state index contributed by atoms with van der Waals surface area (Å²) in [6, 6.07) is 15.4. The highest BCUT2D eigenvalue weighted by molar-refractivity contribution is 7.89. The molecule has 0 radical (unpaired) electrons. The van der Waals surface area contributed by atoms with Crippen molar-refractivity contribution in [2.45, 2.75) is 37.5 Å². The normalized spacial score (nSPS) is 15.8. The van der Waals surface area contributed by atoms with Gasteiger partial charge in [-0.2, -0.15) is 18.4 Å². The molecular formula is C21H25N3O3S. The van der Waals surface area contributed by atoms with E-state index in [1.54, 1.807) is 41.3 Å². The summed E-state index contributed by atoms with van der Waals surface area (Å²) in [7, 11) is -3.86. The first-order valence-corrected chi connectivity index (χ1v) is 11.0. The van der Waals surface area contributed by atoms with Crippen LogP contribution >= 0.6 is 0 Å². The summed E-state index contributed by atoms with van der Waals surface area (Å²) in [5.41, 5.74) is 1.66. The molecule has 0 aromatic heterocycles. The molecule has 1 amide bonds. The molecule has 6 nitrogen and oxygen atoms in total. The molecule has 0 atom stereocenters. The number of benzene rings is 2. The van der Waals surface area contributed by atoms with Gasteiger partial charge < -0.3 is 4.90 Å². The first kappa shape index (κ1) is 20.1. The number of nitrogens with zero attached hydrogens (tertiary/aromatic N) is 2. The van der Waals surface area contributed by atoms with E-state index in [-0.39, 0.29) is 16.5 Å². The number of carbonyl (C=O) groups excluding carboxylic acids is 1. The number of hydrogen-bond donors (Lipinski definition) is 1. The van der Waals surface area contributed by atoms with Crippen LogP contribution in [-0.2, 0) is 14.8 Å². The van der Waals surface area contributed by atoms with Gasteiger partial charge in [0.15, 0.2) is 5.71 Å². The second-order valence-corrected chi connectivity index (χ2v) is 8.60. The average molecular weight is 400 g/mol. The summed E-state index contributed by atoms with van der Waals surface area (Å²) in [6.45, 7) is 3.21. The summed E-state index contributed by atoms with van der Waals surface area (Å²) >= 11 is 0. The summed E-state index contributed by atoms with van der Waals surface area (Å²) in [6.07, 6.45) is 4.09. The number of carbonyl (C=O) groups is 1. The van der Waals surface area contributed by atoms with Crippen molar-refractivity contribution in [3.05, 3.63) is 65.7 Å². The number of hydrogen-bond acceptors (Lipinski definition) is 4. The van der Waals surface area contributed by atoms with Crippen LogP contribution in [0, 0.1) is 6.92 Å². The van der Waals surface area contributed by atoms with Crippen LogP contribution in [0.2, 0.25) is 0 Å². The van der Waals surface area contributed by atoms with Crippen LogP contribution in [0.4, 0.5) is 0 Å². The lowest BCUT2D eigenvalue weighted by Crippen LogP contribution is -2.39.